The van der Waals surface area contributed by atoms with Gasteiger partial charge in [-0.25, -0.2) is 4.79 Å². The number of esters is 1. The molecule has 0 N–H and O–H groups in total. The van der Waals surface area contributed by atoms with Crippen LogP contribution in [0, 0.1) is 0 Å². The van der Waals surface area contributed by atoms with E-state index in [-0.39, 0.29) is 5.97 Å². The molecule has 4 nitrogen and oxygen atoms in total. The topological polar surface area (TPSA) is 44.8 Å². The summed E-state index contributed by atoms with van der Waals surface area (Å²) in [4.78, 5) is 11.1. The third kappa shape index (κ3) is 11.9. The fraction of sp³-hybridized carbons (Fsp3) is 0.824. The smallest absolute Gasteiger partial charge is 0.334 e. The maximum Gasteiger partial charge on any atom is 0.334 e. The van der Waals surface area contributed by atoms with E-state index < -0.39 is 8.56 Å². The SMILES string of the molecule is CC=CC(=O)OCCCCCCCCCC[Si](C)(OC)OC. The van der Waals surface area contributed by atoms with Gasteiger partial charge in [0.15, 0.2) is 0 Å². The van der Waals surface area contributed by atoms with Crippen molar-refractivity contribution < 1.29 is 18.4 Å². The Balaban J connectivity index is 3.29. The summed E-state index contributed by atoms with van der Waals surface area (Å²) in [6.45, 7) is 4.48. The van der Waals surface area contributed by atoms with Gasteiger partial charge in [-0.2, -0.15) is 0 Å². The minimum Gasteiger partial charge on any atom is -0.463 e. The monoisotopic (exact) mass is 330 g/mol. The van der Waals surface area contributed by atoms with Crippen LogP contribution < -0.4 is 0 Å². The Morgan fingerprint density at radius 2 is 1.41 bits per heavy atom. The summed E-state index contributed by atoms with van der Waals surface area (Å²) in [6.07, 6.45) is 12.8. The van der Waals surface area contributed by atoms with Crippen molar-refractivity contribution in [2.45, 2.75) is 70.9 Å². The lowest BCUT2D eigenvalue weighted by atomic mass is 10.1. The molecule has 0 fully saturated rings. The first kappa shape index (κ1) is 21.3. The molecule has 0 aliphatic carbocycles. The summed E-state index contributed by atoms with van der Waals surface area (Å²) in [6, 6.07) is 1.08. The van der Waals surface area contributed by atoms with Gasteiger partial charge in [0.2, 0.25) is 0 Å². The van der Waals surface area contributed by atoms with Crippen LogP contribution in [0.1, 0.15) is 58.3 Å². The van der Waals surface area contributed by atoms with Crippen LogP contribution >= 0.6 is 0 Å². The molecule has 0 aromatic heterocycles. The number of allylic oxidation sites excluding steroid dienone is 1. The van der Waals surface area contributed by atoms with Gasteiger partial charge in [-0.1, -0.05) is 51.0 Å². The number of rotatable bonds is 14. The minimum absolute atomic E-state index is 0.231. The van der Waals surface area contributed by atoms with Crippen LogP contribution in [0.2, 0.25) is 12.6 Å². The number of unbranched alkanes of at least 4 members (excludes halogenated alkanes) is 7. The molecule has 0 saturated heterocycles. The average Bonchev–Trinajstić information content (AvgIpc) is 2.52. The molecule has 0 heterocycles. The minimum atomic E-state index is -1.85. The first-order chi connectivity index (χ1) is 10.6. The van der Waals surface area contributed by atoms with Gasteiger partial charge in [-0.15, -0.1) is 0 Å². The highest BCUT2D eigenvalue weighted by Crippen LogP contribution is 2.17. The van der Waals surface area contributed by atoms with Crippen LogP contribution in [0.3, 0.4) is 0 Å². The van der Waals surface area contributed by atoms with Crippen molar-refractivity contribution in [2.24, 2.45) is 0 Å². The highest BCUT2D eigenvalue weighted by molar-refractivity contribution is 6.65. The molecule has 0 aromatic rings. The molecular weight excluding hydrogens is 296 g/mol. The maximum absolute atomic E-state index is 11.1. The van der Waals surface area contributed by atoms with Crippen molar-refractivity contribution in [1.82, 2.24) is 0 Å². The molecule has 0 unspecified atom stereocenters. The molecule has 0 aliphatic rings. The Morgan fingerprint density at radius 1 is 0.909 bits per heavy atom. The van der Waals surface area contributed by atoms with Crippen LogP contribution in [-0.4, -0.2) is 35.4 Å². The largest absolute Gasteiger partial charge is 0.463 e. The van der Waals surface area contributed by atoms with E-state index in [4.69, 9.17) is 13.6 Å². The maximum atomic E-state index is 11.1. The molecule has 0 radical (unpaired) electrons. The van der Waals surface area contributed by atoms with E-state index in [1.54, 1.807) is 20.3 Å². The normalized spacial score (nSPS) is 12.0. The van der Waals surface area contributed by atoms with Gasteiger partial charge in [0.05, 0.1) is 6.61 Å². The van der Waals surface area contributed by atoms with Crippen molar-refractivity contribution in [2.75, 3.05) is 20.8 Å². The summed E-state index contributed by atoms with van der Waals surface area (Å²) in [5.74, 6) is -0.231. The lowest BCUT2D eigenvalue weighted by Gasteiger charge is -2.22. The standard InChI is InChI=1S/C17H34O4Si/c1-5-14-17(18)21-15-12-10-8-6-7-9-11-13-16-22(4,19-2)20-3/h5,14H,6-13,15-16H2,1-4H3. The lowest BCUT2D eigenvalue weighted by Crippen LogP contribution is -2.35. The molecule has 130 valence electrons. The molecule has 5 heteroatoms. The summed E-state index contributed by atoms with van der Waals surface area (Å²) >= 11 is 0. The van der Waals surface area contributed by atoms with Crippen molar-refractivity contribution in [3.63, 3.8) is 0 Å². The number of carbonyl (C=O) groups excluding carboxylic acids is 1. The molecule has 0 amide bonds. The van der Waals surface area contributed by atoms with E-state index in [9.17, 15) is 4.79 Å². The van der Waals surface area contributed by atoms with E-state index in [0.29, 0.717) is 6.61 Å². The lowest BCUT2D eigenvalue weighted by molar-refractivity contribution is -0.137. The van der Waals surface area contributed by atoms with Gasteiger partial charge in [0.1, 0.15) is 0 Å². The Hall–Kier alpha value is -0.653. The van der Waals surface area contributed by atoms with E-state index in [1.807, 2.05) is 6.92 Å². The van der Waals surface area contributed by atoms with Crippen molar-refractivity contribution in [3.05, 3.63) is 12.2 Å². The van der Waals surface area contributed by atoms with Crippen molar-refractivity contribution in [1.29, 1.82) is 0 Å². The van der Waals surface area contributed by atoms with E-state index in [2.05, 4.69) is 6.55 Å². The third-order valence-electron chi connectivity index (χ3n) is 3.94. The van der Waals surface area contributed by atoms with Crippen LogP contribution in [-0.2, 0) is 18.4 Å². The van der Waals surface area contributed by atoms with E-state index in [1.165, 1.54) is 44.6 Å². The summed E-state index contributed by atoms with van der Waals surface area (Å²) < 4.78 is 16.0. The molecule has 0 aromatic carbocycles. The van der Waals surface area contributed by atoms with Crippen molar-refractivity contribution in [3.8, 4) is 0 Å². The predicted octanol–water partition coefficient (Wildman–Crippen LogP) is 4.59. The summed E-state index contributed by atoms with van der Waals surface area (Å²) in [7, 11) is 1.66. The van der Waals surface area contributed by atoms with Crippen LogP contribution in [0.15, 0.2) is 12.2 Å². The molecule has 0 bridgehead atoms. The highest BCUT2D eigenvalue weighted by atomic mass is 28.4. The Morgan fingerprint density at radius 3 is 1.91 bits per heavy atom. The van der Waals surface area contributed by atoms with Gasteiger partial charge in [0.25, 0.3) is 0 Å². The Bertz CT molecular complexity index is 301. The summed E-state index contributed by atoms with van der Waals surface area (Å²) in [5.41, 5.74) is 0. The zero-order valence-electron chi connectivity index (χ0n) is 14.9. The molecule has 0 spiro atoms. The number of hydrogen-bond acceptors (Lipinski definition) is 4. The third-order valence-corrected chi connectivity index (χ3v) is 6.92. The van der Waals surface area contributed by atoms with Gasteiger partial charge in [0, 0.05) is 20.3 Å². The highest BCUT2D eigenvalue weighted by Gasteiger charge is 2.27. The van der Waals surface area contributed by atoms with E-state index >= 15 is 0 Å². The molecule has 0 saturated carbocycles. The predicted molar refractivity (Wildman–Crippen MR) is 93.2 cm³/mol. The second-order valence-corrected chi connectivity index (χ2v) is 9.37. The zero-order chi connectivity index (χ0) is 16.7. The average molecular weight is 331 g/mol. The first-order valence-electron chi connectivity index (χ1n) is 8.47. The zero-order valence-corrected chi connectivity index (χ0v) is 15.9. The quantitative estimate of drug-likeness (QED) is 0.202. The first-order valence-corrected chi connectivity index (χ1v) is 11.0. The molecule has 0 rings (SSSR count). The summed E-state index contributed by atoms with van der Waals surface area (Å²) in [5, 5.41) is 0. The Labute approximate surface area is 137 Å². The fourth-order valence-electron chi connectivity index (χ4n) is 2.25. The van der Waals surface area contributed by atoms with Gasteiger partial charge >= 0.3 is 14.5 Å². The second-order valence-electron chi connectivity index (χ2n) is 5.79. The van der Waals surface area contributed by atoms with Crippen LogP contribution in [0.25, 0.3) is 0 Å². The van der Waals surface area contributed by atoms with Crippen LogP contribution in [0.5, 0.6) is 0 Å². The molecular formula is C17H34O4Si. The van der Waals surface area contributed by atoms with Crippen molar-refractivity contribution >= 4 is 14.5 Å². The van der Waals surface area contributed by atoms with Gasteiger partial charge in [-0.05, 0) is 25.9 Å². The second kappa shape index (κ2) is 14.0. The molecule has 22 heavy (non-hydrogen) atoms. The number of hydrogen-bond donors (Lipinski definition) is 0. The van der Waals surface area contributed by atoms with E-state index in [0.717, 1.165) is 18.9 Å². The number of carbonyl (C=O) groups is 1. The Kier molecular flexibility index (Phi) is 13.6. The van der Waals surface area contributed by atoms with Gasteiger partial charge < -0.3 is 13.6 Å². The number of ether oxygens (including phenoxy) is 1. The van der Waals surface area contributed by atoms with Gasteiger partial charge in [-0.3, -0.25) is 0 Å². The molecule has 0 aliphatic heterocycles. The molecule has 0 atom stereocenters. The fourth-order valence-corrected chi connectivity index (χ4v) is 3.72. The van der Waals surface area contributed by atoms with Crippen LogP contribution in [0.4, 0.5) is 0 Å².